The molecule has 2 aromatic heterocycles. The van der Waals surface area contributed by atoms with Crippen molar-refractivity contribution in [1.82, 2.24) is 14.9 Å². The van der Waals surface area contributed by atoms with Crippen LogP contribution in [0.5, 0.6) is 5.75 Å². The predicted molar refractivity (Wildman–Crippen MR) is 172 cm³/mol. The zero-order valence-electron chi connectivity index (χ0n) is 27.5. The molecule has 0 saturated heterocycles. The quantitative estimate of drug-likeness (QED) is 0.205. The molecule has 8 nitrogen and oxygen atoms in total. The molecule has 5 rings (SSSR count). The molecular formula is C36H41F2N3O5. The van der Waals surface area contributed by atoms with E-state index < -0.39 is 23.5 Å². The minimum Gasteiger partial charge on any atom is -0.490 e. The summed E-state index contributed by atoms with van der Waals surface area (Å²) in [5, 5.41) is 3.59. The van der Waals surface area contributed by atoms with Crippen LogP contribution >= 0.6 is 0 Å². The lowest BCUT2D eigenvalue weighted by Crippen LogP contribution is -2.29. The van der Waals surface area contributed by atoms with Crippen LogP contribution in [0, 0.1) is 25.5 Å². The smallest absolute Gasteiger partial charge is 0.339 e. The SMILES string of the molecule is COC(=O)[C@@H](OC(C)(C)C)c1c(C)nc2c(cc(CCC(=O)NCc3ccc(F)cc3)n2C)c1-c1cc(F)c2c(c1C)CCCO2. The summed E-state index contributed by atoms with van der Waals surface area (Å²) in [5.41, 5.74) is 5.50. The summed E-state index contributed by atoms with van der Waals surface area (Å²) < 4.78 is 48.1. The van der Waals surface area contributed by atoms with Crippen LogP contribution in [0.1, 0.15) is 73.4 Å². The van der Waals surface area contributed by atoms with Crippen molar-refractivity contribution in [2.45, 2.75) is 78.6 Å². The molecule has 2 aromatic carbocycles. The van der Waals surface area contributed by atoms with Gasteiger partial charge < -0.3 is 24.1 Å². The lowest BCUT2D eigenvalue weighted by molar-refractivity contribution is -0.164. The van der Waals surface area contributed by atoms with Crippen molar-refractivity contribution in [3.8, 4) is 16.9 Å². The molecule has 0 fully saturated rings. The summed E-state index contributed by atoms with van der Waals surface area (Å²) >= 11 is 0. The van der Waals surface area contributed by atoms with Crippen molar-refractivity contribution in [2.75, 3.05) is 13.7 Å². The number of aryl methyl sites for hydroxylation is 3. The third-order valence-corrected chi connectivity index (χ3v) is 8.37. The third kappa shape index (κ3) is 6.77. The maximum Gasteiger partial charge on any atom is 0.339 e. The van der Waals surface area contributed by atoms with Gasteiger partial charge in [-0.15, -0.1) is 0 Å². The van der Waals surface area contributed by atoms with Gasteiger partial charge in [-0.2, -0.15) is 0 Å². The van der Waals surface area contributed by atoms with Crippen LogP contribution in [0.2, 0.25) is 0 Å². The molecule has 0 radical (unpaired) electrons. The molecule has 0 spiro atoms. The topological polar surface area (TPSA) is 91.7 Å². The van der Waals surface area contributed by atoms with Crippen molar-refractivity contribution in [1.29, 1.82) is 0 Å². The molecule has 3 heterocycles. The highest BCUT2D eigenvalue weighted by Gasteiger charge is 2.35. The van der Waals surface area contributed by atoms with Crippen molar-refractivity contribution < 1.29 is 32.6 Å². The summed E-state index contributed by atoms with van der Waals surface area (Å²) in [6.45, 7) is 10.1. The number of aromatic nitrogens is 2. The summed E-state index contributed by atoms with van der Waals surface area (Å²) in [7, 11) is 3.19. The Morgan fingerprint density at radius 3 is 2.52 bits per heavy atom. The molecule has 1 aliphatic rings. The van der Waals surface area contributed by atoms with Gasteiger partial charge >= 0.3 is 5.97 Å². The summed E-state index contributed by atoms with van der Waals surface area (Å²) in [6, 6.07) is 9.41. The number of hydrogen-bond donors (Lipinski definition) is 1. The Kier molecular flexibility index (Phi) is 9.49. The first-order valence-corrected chi connectivity index (χ1v) is 15.5. The van der Waals surface area contributed by atoms with Gasteiger partial charge in [0.15, 0.2) is 17.7 Å². The molecule has 1 atom stereocenters. The van der Waals surface area contributed by atoms with Crippen molar-refractivity contribution in [3.05, 3.63) is 81.7 Å². The van der Waals surface area contributed by atoms with Gasteiger partial charge in [0.2, 0.25) is 5.91 Å². The molecule has 1 aliphatic heterocycles. The molecular weight excluding hydrogens is 592 g/mol. The van der Waals surface area contributed by atoms with E-state index in [0.717, 1.165) is 28.8 Å². The van der Waals surface area contributed by atoms with Gasteiger partial charge in [-0.3, -0.25) is 4.79 Å². The van der Waals surface area contributed by atoms with Crippen LogP contribution in [0.15, 0.2) is 36.4 Å². The largest absolute Gasteiger partial charge is 0.490 e. The number of pyridine rings is 1. The number of fused-ring (bicyclic) bond motifs is 2. The second-order valence-electron chi connectivity index (χ2n) is 12.7. The van der Waals surface area contributed by atoms with Crippen LogP contribution in [0.25, 0.3) is 22.2 Å². The monoisotopic (exact) mass is 633 g/mol. The Labute approximate surface area is 268 Å². The number of nitrogens with zero attached hydrogens (tertiary/aromatic N) is 2. The minimum atomic E-state index is -1.13. The average molecular weight is 634 g/mol. The lowest BCUT2D eigenvalue weighted by atomic mass is 9.86. The fraction of sp³-hybridized carbons (Fsp3) is 0.417. The van der Waals surface area contributed by atoms with E-state index in [-0.39, 0.29) is 30.4 Å². The van der Waals surface area contributed by atoms with Gasteiger partial charge in [0.1, 0.15) is 11.5 Å². The van der Waals surface area contributed by atoms with Crippen LogP contribution in [-0.2, 0) is 45.5 Å². The van der Waals surface area contributed by atoms with E-state index in [2.05, 4.69) is 5.32 Å². The average Bonchev–Trinajstić information content (AvgIpc) is 3.33. The van der Waals surface area contributed by atoms with Gasteiger partial charge in [-0.1, -0.05) is 12.1 Å². The van der Waals surface area contributed by atoms with Crippen molar-refractivity contribution >= 4 is 22.9 Å². The number of halogens is 2. The van der Waals surface area contributed by atoms with E-state index >= 15 is 4.39 Å². The number of hydrogen-bond acceptors (Lipinski definition) is 6. The molecule has 244 valence electrons. The van der Waals surface area contributed by atoms with E-state index in [1.54, 1.807) is 12.1 Å². The maximum atomic E-state index is 15.7. The molecule has 4 aromatic rings. The molecule has 10 heteroatoms. The number of carbonyl (C=O) groups is 2. The molecule has 1 N–H and O–H groups in total. The standard InChI is InChI=1S/C36H41F2N3O5/c1-20-25-9-8-16-45-32(25)28(38)18-26(20)31-27-17-24(14-15-29(42)39-19-22-10-12-23(37)13-11-22)41(6)34(27)40-21(2)30(31)33(35(43)44-7)46-36(3,4)5/h10-13,17-18,33H,8-9,14-16,19H2,1-7H3,(H,39,42)/t33-/m0/s1. The van der Waals surface area contributed by atoms with Crippen molar-refractivity contribution in [3.63, 3.8) is 0 Å². The number of carbonyl (C=O) groups excluding carboxylic acids is 2. The maximum absolute atomic E-state index is 15.7. The summed E-state index contributed by atoms with van der Waals surface area (Å²) in [4.78, 5) is 31.1. The summed E-state index contributed by atoms with van der Waals surface area (Å²) in [6.07, 6.45) is 0.910. The normalized spacial score (nSPS) is 13.7. The van der Waals surface area contributed by atoms with E-state index in [1.807, 2.05) is 52.3 Å². The van der Waals surface area contributed by atoms with Crippen LogP contribution in [-0.4, -0.2) is 40.7 Å². The van der Waals surface area contributed by atoms with E-state index in [9.17, 15) is 14.0 Å². The Morgan fingerprint density at radius 2 is 1.85 bits per heavy atom. The second-order valence-corrected chi connectivity index (χ2v) is 12.7. The Morgan fingerprint density at radius 1 is 1.13 bits per heavy atom. The second kappa shape index (κ2) is 13.2. The zero-order valence-corrected chi connectivity index (χ0v) is 27.5. The highest BCUT2D eigenvalue weighted by molar-refractivity contribution is 5.99. The molecule has 0 unspecified atom stereocenters. The fourth-order valence-corrected chi connectivity index (χ4v) is 6.10. The molecule has 0 aliphatic carbocycles. The van der Waals surface area contributed by atoms with E-state index in [1.165, 1.54) is 25.3 Å². The van der Waals surface area contributed by atoms with Crippen LogP contribution < -0.4 is 10.1 Å². The summed E-state index contributed by atoms with van der Waals surface area (Å²) in [5.74, 6) is -1.27. The number of esters is 1. The van der Waals surface area contributed by atoms with Gasteiger partial charge in [-0.25, -0.2) is 18.6 Å². The van der Waals surface area contributed by atoms with Gasteiger partial charge in [0.25, 0.3) is 0 Å². The van der Waals surface area contributed by atoms with E-state index in [0.29, 0.717) is 52.9 Å². The Hall–Kier alpha value is -4.31. The van der Waals surface area contributed by atoms with Gasteiger partial charge in [-0.05, 0) is 94.8 Å². The highest BCUT2D eigenvalue weighted by Crippen LogP contribution is 2.45. The van der Waals surface area contributed by atoms with Gasteiger partial charge in [0.05, 0.1) is 19.3 Å². The number of benzene rings is 2. The van der Waals surface area contributed by atoms with E-state index in [4.69, 9.17) is 19.2 Å². The fourth-order valence-electron chi connectivity index (χ4n) is 6.10. The number of rotatable bonds is 9. The van der Waals surface area contributed by atoms with Crippen LogP contribution in [0.3, 0.4) is 0 Å². The van der Waals surface area contributed by atoms with Crippen molar-refractivity contribution in [2.24, 2.45) is 7.05 Å². The number of nitrogens with one attached hydrogen (secondary N) is 1. The number of amides is 1. The zero-order chi connectivity index (χ0) is 33.3. The number of ether oxygens (including phenoxy) is 3. The first-order valence-electron chi connectivity index (χ1n) is 15.5. The first-order chi connectivity index (χ1) is 21.8. The van der Waals surface area contributed by atoms with Gasteiger partial charge in [0, 0.05) is 53.5 Å². The third-order valence-electron chi connectivity index (χ3n) is 8.37. The Balaban J connectivity index is 1.62. The number of methoxy groups -OCH3 is 1. The Bertz CT molecular complexity index is 1790. The molecule has 0 saturated carbocycles. The molecule has 0 bridgehead atoms. The molecule has 46 heavy (non-hydrogen) atoms. The minimum absolute atomic E-state index is 0.156. The predicted octanol–water partition coefficient (Wildman–Crippen LogP) is 6.74. The first kappa shape index (κ1) is 33.1. The highest BCUT2D eigenvalue weighted by atomic mass is 19.1. The molecule has 1 amide bonds. The van der Waals surface area contributed by atoms with Crippen LogP contribution in [0.4, 0.5) is 8.78 Å². The lowest BCUT2D eigenvalue weighted by Gasteiger charge is -2.29.